The standard InChI is InChI=1S/C13H11NO6S/c1-13(6-21(18,19)7-13)12(17)20-14-10(15)8-4-2-3-5-9(8)11(14)16/h2-5H,6-7H2,1H3. The lowest BCUT2D eigenvalue weighted by molar-refractivity contribution is -0.178. The number of hydrogen-bond acceptors (Lipinski definition) is 6. The molecule has 7 nitrogen and oxygen atoms in total. The molecule has 1 fully saturated rings. The molecule has 1 aromatic carbocycles. The fourth-order valence-electron chi connectivity index (χ4n) is 2.49. The minimum atomic E-state index is -3.24. The van der Waals surface area contributed by atoms with Crippen molar-refractivity contribution in [3.8, 4) is 0 Å². The number of nitrogens with zero attached hydrogens (tertiary/aromatic N) is 1. The Morgan fingerprint density at radius 3 is 2.05 bits per heavy atom. The van der Waals surface area contributed by atoms with E-state index < -0.39 is 33.0 Å². The molecular weight excluding hydrogens is 298 g/mol. The monoisotopic (exact) mass is 309 g/mol. The summed E-state index contributed by atoms with van der Waals surface area (Å²) in [6.07, 6.45) is 0. The molecular formula is C13H11NO6S. The fourth-order valence-corrected chi connectivity index (χ4v) is 4.58. The fraction of sp³-hybridized carbons (Fsp3) is 0.308. The molecule has 2 amide bonds. The van der Waals surface area contributed by atoms with Crippen molar-refractivity contribution in [2.24, 2.45) is 5.41 Å². The second-order valence-electron chi connectivity index (χ2n) is 5.42. The molecule has 0 saturated carbocycles. The first-order valence-corrected chi connectivity index (χ1v) is 7.96. The van der Waals surface area contributed by atoms with Crippen LogP contribution in [0, 0.1) is 5.41 Å². The molecule has 8 heteroatoms. The van der Waals surface area contributed by atoms with Crippen molar-refractivity contribution in [1.82, 2.24) is 5.06 Å². The molecule has 0 aliphatic carbocycles. The van der Waals surface area contributed by atoms with E-state index in [-0.39, 0.29) is 22.6 Å². The zero-order valence-electron chi connectivity index (χ0n) is 11.0. The highest BCUT2D eigenvalue weighted by atomic mass is 32.2. The van der Waals surface area contributed by atoms with Crippen LogP contribution >= 0.6 is 0 Å². The number of carbonyl (C=O) groups excluding carboxylic acids is 3. The maximum absolute atomic E-state index is 12.0. The summed E-state index contributed by atoms with van der Waals surface area (Å²) in [5.74, 6) is -3.04. The van der Waals surface area contributed by atoms with E-state index in [1.165, 1.54) is 19.1 Å². The van der Waals surface area contributed by atoms with Crippen LogP contribution in [-0.4, -0.2) is 42.8 Å². The summed E-state index contributed by atoms with van der Waals surface area (Å²) >= 11 is 0. The Morgan fingerprint density at radius 2 is 1.62 bits per heavy atom. The molecule has 0 bridgehead atoms. The molecule has 1 aromatic rings. The van der Waals surface area contributed by atoms with E-state index >= 15 is 0 Å². The number of benzene rings is 1. The van der Waals surface area contributed by atoms with Crippen molar-refractivity contribution in [3.05, 3.63) is 35.4 Å². The third-order valence-corrected chi connectivity index (χ3v) is 5.65. The average molecular weight is 309 g/mol. The lowest BCUT2D eigenvalue weighted by Crippen LogP contribution is -2.54. The lowest BCUT2D eigenvalue weighted by Gasteiger charge is -2.35. The normalized spacial score (nSPS) is 21.7. The van der Waals surface area contributed by atoms with Crippen LogP contribution in [0.15, 0.2) is 24.3 Å². The zero-order chi connectivity index (χ0) is 15.4. The number of hydrogen-bond donors (Lipinski definition) is 0. The average Bonchev–Trinajstić information content (AvgIpc) is 2.62. The van der Waals surface area contributed by atoms with Crippen LogP contribution in [0.3, 0.4) is 0 Å². The van der Waals surface area contributed by atoms with E-state index in [2.05, 4.69) is 0 Å². The Kier molecular flexibility index (Phi) is 2.71. The van der Waals surface area contributed by atoms with E-state index in [9.17, 15) is 22.8 Å². The van der Waals surface area contributed by atoms with Gasteiger partial charge in [-0.1, -0.05) is 17.2 Å². The SMILES string of the molecule is CC1(C(=O)ON2C(=O)c3ccccc3C2=O)CS(=O)(=O)C1. The van der Waals surface area contributed by atoms with Crippen molar-refractivity contribution in [3.63, 3.8) is 0 Å². The second kappa shape index (κ2) is 4.14. The van der Waals surface area contributed by atoms with Crippen molar-refractivity contribution >= 4 is 27.6 Å². The predicted octanol–water partition coefficient (Wildman–Crippen LogP) is 0.176. The van der Waals surface area contributed by atoms with E-state index in [0.29, 0.717) is 5.06 Å². The largest absolute Gasteiger partial charge is 0.341 e. The van der Waals surface area contributed by atoms with E-state index in [1.54, 1.807) is 12.1 Å². The molecule has 110 valence electrons. The van der Waals surface area contributed by atoms with Gasteiger partial charge in [-0.2, -0.15) is 0 Å². The van der Waals surface area contributed by atoms with Crippen LogP contribution in [-0.2, 0) is 19.5 Å². The molecule has 0 spiro atoms. The highest BCUT2D eigenvalue weighted by Gasteiger charge is 2.53. The van der Waals surface area contributed by atoms with Gasteiger partial charge in [0.1, 0.15) is 0 Å². The summed E-state index contributed by atoms with van der Waals surface area (Å²) in [5.41, 5.74) is -0.905. The minimum absolute atomic E-state index is 0.154. The number of carbonyl (C=O) groups is 3. The van der Waals surface area contributed by atoms with Crippen molar-refractivity contribution in [1.29, 1.82) is 0 Å². The van der Waals surface area contributed by atoms with Gasteiger partial charge in [0, 0.05) is 0 Å². The molecule has 1 saturated heterocycles. The lowest BCUT2D eigenvalue weighted by atomic mass is 9.95. The van der Waals surface area contributed by atoms with Gasteiger partial charge in [0.15, 0.2) is 9.84 Å². The van der Waals surface area contributed by atoms with Crippen LogP contribution < -0.4 is 0 Å². The van der Waals surface area contributed by atoms with Gasteiger partial charge in [0.2, 0.25) is 0 Å². The topological polar surface area (TPSA) is 97.8 Å². The van der Waals surface area contributed by atoms with Crippen molar-refractivity contribution < 1.29 is 27.6 Å². The van der Waals surface area contributed by atoms with Gasteiger partial charge in [-0.25, -0.2) is 13.2 Å². The summed E-state index contributed by atoms with van der Waals surface area (Å²) in [4.78, 5) is 40.9. The summed E-state index contributed by atoms with van der Waals surface area (Å²) in [6.45, 7) is 1.43. The predicted molar refractivity (Wildman–Crippen MR) is 69.8 cm³/mol. The van der Waals surface area contributed by atoms with Crippen LogP contribution in [0.1, 0.15) is 27.6 Å². The van der Waals surface area contributed by atoms with Gasteiger partial charge in [-0.15, -0.1) is 0 Å². The molecule has 2 aliphatic heterocycles. The van der Waals surface area contributed by atoms with E-state index in [0.717, 1.165) is 0 Å². The van der Waals surface area contributed by atoms with Crippen molar-refractivity contribution in [2.45, 2.75) is 6.92 Å². The Labute approximate surface area is 120 Å². The smallest absolute Gasteiger partial charge is 0.329 e. The number of imide groups is 1. The molecule has 0 unspecified atom stereocenters. The Morgan fingerprint density at radius 1 is 1.14 bits per heavy atom. The van der Waals surface area contributed by atoms with Gasteiger partial charge < -0.3 is 4.84 Å². The Bertz CT molecular complexity index is 735. The quantitative estimate of drug-likeness (QED) is 0.723. The van der Waals surface area contributed by atoms with Gasteiger partial charge >= 0.3 is 5.97 Å². The summed E-state index contributed by atoms with van der Waals surface area (Å²) in [7, 11) is -3.24. The van der Waals surface area contributed by atoms with Crippen LogP contribution in [0.25, 0.3) is 0 Å². The summed E-state index contributed by atoms with van der Waals surface area (Å²) in [6, 6.07) is 6.10. The zero-order valence-corrected chi connectivity index (χ0v) is 11.8. The molecule has 0 aromatic heterocycles. The number of amides is 2. The van der Waals surface area contributed by atoms with Crippen LogP contribution in [0.2, 0.25) is 0 Å². The van der Waals surface area contributed by atoms with E-state index in [4.69, 9.17) is 4.84 Å². The first-order chi connectivity index (χ1) is 9.73. The summed E-state index contributed by atoms with van der Waals surface area (Å²) in [5, 5.41) is 0.392. The first kappa shape index (κ1) is 13.7. The molecule has 0 radical (unpaired) electrons. The molecule has 3 rings (SSSR count). The van der Waals surface area contributed by atoms with Crippen LogP contribution in [0.5, 0.6) is 0 Å². The number of rotatable bonds is 2. The minimum Gasteiger partial charge on any atom is -0.329 e. The molecule has 0 atom stereocenters. The Balaban J connectivity index is 1.80. The molecule has 0 N–H and O–H groups in total. The van der Waals surface area contributed by atoms with Gasteiger partial charge in [0.05, 0.1) is 28.0 Å². The summed E-state index contributed by atoms with van der Waals surface area (Å²) < 4.78 is 22.4. The van der Waals surface area contributed by atoms with Crippen LogP contribution in [0.4, 0.5) is 0 Å². The second-order valence-corrected chi connectivity index (χ2v) is 7.49. The van der Waals surface area contributed by atoms with Crippen molar-refractivity contribution in [2.75, 3.05) is 11.5 Å². The molecule has 21 heavy (non-hydrogen) atoms. The molecule has 2 heterocycles. The highest BCUT2D eigenvalue weighted by Crippen LogP contribution is 2.34. The van der Waals surface area contributed by atoms with Gasteiger partial charge in [-0.3, -0.25) is 9.59 Å². The maximum Gasteiger partial charge on any atom is 0.341 e. The van der Waals surface area contributed by atoms with Gasteiger partial charge in [-0.05, 0) is 19.1 Å². The Hall–Kier alpha value is -2.22. The first-order valence-electron chi connectivity index (χ1n) is 6.14. The number of sulfone groups is 1. The number of fused-ring (bicyclic) bond motifs is 1. The third kappa shape index (κ3) is 2.02. The van der Waals surface area contributed by atoms with E-state index in [1.807, 2.05) is 0 Å². The number of hydroxylamine groups is 2. The maximum atomic E-state index is 12.0. The molecule has 2 aliphatic rings. The third-order valence-electron chi connectivity index (χ3n) is 3.50. The van der Waals surface area contributed by atoms with Gasteiger partial charge in [0.25, 0.3) is 11.8 Å². The highest BCUT2D eigenvalue weighted by molar-refractivity contribution is 7.93.